The number of hydrogen-bond acceptors (Lipinski definition) is 0. The summed E-state index contributed by atoms with van der Waals surface area (Å²) in [6.45, 7) is 0. The van der Waals surface area contributed by atoms with Gasteiger partial charge in [-0.15, -0.1) is 0 Å². The van der Waals surface area contributed by atoms with E-state index in [0.29, 0.717) is 0 Å². The maximum atomic E-state index is 2.41. The van der Waals surface area contributed by atoms with Gasteiger partial charge in [0.15, 0.2) is 0 Å². The van der Waals surface area contributed by atoms with E-state index in [0.717, 1.165) is 12.8 Å². The molecule has 0 bridgehead atoms. The highest BCUT2D eigenvalue weighted by molar-refractivity contribution is 6.59. The van der Waals surface area contributed by atoms with Crippen molar-refractivity contribution in [3.05, 3.63) is 145 Å². The molecule has 12 aromatic rings. The molecule has 0 nitrogen and oxygen atoms in total. The lowest BCUT2D eigenvalue weighted by Crippen LogP contribution is -2.05. The van der Waals surface area contributed by atoms with Crippen LogP contribution in [-0.4, -0.2) is 0 Å². The zero-order chi connectivity index (χ0) is 30.8. The van der Waals surface area contributed by atoms with E-state index in [1.54, 1.807) is 0 Å². The van der Waals surface area contributed by atoms with E-state index in [1.165, 1.54) is 130 Å². The van der Waals surface area contributed by atoms with Gasteiger partial charge in [0.05, 0.1) is 0 Å². The molecule has 48 heavy (non-hydrogen) atoms. The van der Waals surface area contributed by atoms with Crippen LogP contribution in [0.4, 0.5) is 0 Å². The molecule has 0 atom stereocenters. The highest BCUT2D eigenvalue weighted by atomic mass is 14.3. The van der Waals surface area contributed by atoms with Gasteiger partial charge in [0, 0.05) is 0 Å². The molecule has 0 heteroatoms. The van der Waals surface area contributed by atoms with Gasteiger partial charge < -0.3 is 0 Å². The summed E-state index contributed by atoms with van der Waals surface area (Å²) in [5, 5.41) is 30.9. The highest BCUT2D eigenvalue weighted by Crippen LogP contribution is 2.59. The number of fused-ring (bicyclic) bond motifs is 18. The van der Waals surface area contributed by atoms with E-state index in [9.17, 15) is 0 Å². The Morgan fingerprint density at radius 3 is 0.625 bits per heavy atom. The van der Waals surface area contributed by atoms with Crippen molar-refractivity contribution in [1.82, 2.24) is 0 Å². The van der Waals surface area contributed by atoms with Crippen molar-refractivity contribution < 1.29 is 0 Å². The Bertz CT molecular complexity index is 3170. The van der Waals surface area contributed by atoms with Crippen LogP contribution in [0, 0.1) is 0 Å². The molecule has 0 aromatic heterocycles. The molecule has 0 radical (unpaired) electrons. The van der Waals surface area contributed by atoms with Crippen molar-refractivity contribution in [2.75, 3.05) is 0 Å². The second-order valence-electron chi connectivity index (χ2n) is 14.1. The summed E-state index contributed by atoms with van der Waals surface area (Å²) in [4.78, 5) is 0. The fourth-order valence-electron chi connectivity index (χ4n) is 10.6. The molecule has 0 spiro atoms. The summed E-state index contributed by atoms with van der Waals surface area (Å²) in [6.07, 6.45) is 6.76. The van der Waals surface area contributed by atoms with Gasteiger partial charge in [-0.05, 0) is 142 Å². The average Bonchev–Trinajstić information content (AvgIpc) is 3.16. The van der Waals surface area contributed by atoms with Gasteiger partial charge in [-0.3, -0.25) is 0 Å². The summed E-state index contributed by atoms with van der Waals surface area (Å²) in [7, 11) is 0. The first-order valence-electron chi connectivity index (χ1n) is 17.2. The summed E-state index contributed by atoms with van der Waals surface area (Å²) in [6, 6.07) is 46.3. The third kappa shape index (κ3) is 2.50. The Morgan fingerprint density at radius 1 is 0.208 bits per heavy atom. The Labute approximate surface area is 275 Å². The lowest BCUT2D eigenvalue weighted by molar-refractivity contribution is 1.13. The van der Waals surface area contributed by atoms with Crippen molar-refractivity contribution in [2.24, 2.45) is 0 Å². The Hall–Kier alpha value is -5.98. The number of allylic oxidation sites excluding steroid dienone is 2. The quantitative estimate of drug-likeness (QED) is 0.0920. The number of rotatable bonds is 0. The lowest BCUT2D eigenvalue weighted by atomic mass is 9.73. The van der Waals surface area contributed by atoms with Crippen molar-refractivity contribution in [3.8, 4) is 0 Å². The van der Waals surface area contributed by atoms with Crippen LogP contribution in [0.15, 0.2) is 133 Å². The molecular weight excluding hydrogens is 577 g/mol. The fraction of sp³-hybridized carbons (Fsp3) is 0.0417. The molecule has 0 unspecified atom stereocenters. The Morgan fingerprint density at radius 2 is 0.396 bits per heavy atom. The second-order valence-corrected chi connectivity index (χ2v) is 14.1. The molecule has 12 aromatic carbocycles. The molecule has 1 aliphatic carbocycles. The summed E-state index contributed by atoms with van der Waals surface area (Å²) in [5.74, 6) is 0. The van der Waals surface area contributed by atoms with Crippen molar-refractivity contribution in [2.45, 2.75) is 12.8 Å². The third-order valence-electron chi connectivity index (χ3n) is 12.1. The lowest BCUT2D eigenvalue weighted by Gasteiger charge is -2.30. The van der Waals surface area contributed by atoms with Crippen LogP contribution in [0.2, 0.25) is 0 Å². The Kier molecular flexibility index (Phi) is 4.09. The minimum atomic E-state index is 0.970. The molecule has 0 saturated carbocycles. The van der Waals surface area contributed by atoms with Crippen LogP contribution >= 0.6 is 0 Å². The zero-order valence-electron chi connectivity index (χ0n) is 26.1. The van der Waals surface area contributed by atoms with Gasteiger partial charge >= 0.3 is 0 Å². The summed E-state index contributed by atoms with van der Waals surface area (Å²) >= 11 is 0. The molecule has 218 valence electrons. The fourth-order valence-corrected chi connectivity index (χ4v) is 10.6. The van der Waals surface area contributed by atoms with Crippen LogP contribution in [0.25, 0.3) is 118 Å². The van der Waals surface area contributed by atoms with Crippen LogP contribution < -0.4 is 0 Å². The summed E-state index contributed by atoms with van der Waals surface area (Å²) < 4.78 is 0. The highest BCUT2D eigenvalue weighted by Gasteiger charge is 2.31. The molecule has 0 amide bonds. The first-order chi connectivity index (χ1) is 23.9. The van der Waals surface area contributed by atoms with Gasteiger partial charge in [-0.2, -0.15) is 0 Å². The molecule has 0 fully saturated rings. The van der Waals surface area contributed by atoms with Crippen molar-refractivity contribution >= 4 is 118 Å². The SMILES string of the molecule is C1=CCc2c(c3c4ccccc4c4c5ccccc5c5c6ccccc6c6c7ccccc7c7c8ccccc8c2c2c3c4c5c6c72)C1. The van der Waals surface area contributed by atoms with E-state index in [4.69, 9.17) is 0 Å². The maximum absolute atomic E-state index is 2.41. The predicted octanol–water partition coefficient (Wildman–Crippen LogP) is 13.3. The molecule has 0 N–H and O–H groups in total. The summed E-state index contributed by atoms with van der Waals surface area (Å²) in [5.41, 5.74) is 3.04. The average molecular weight is 603 g/mol. The van der Waals surface area contributed by atoms with E-state index in [1.807, 2.05) is 0 Å². The van der Waals surface area contributed by atoms with Gasteiger partial charge in [-0.25, -0.2) is 0 Å². The Balaban J connectivity index is 1.59. The largest absolute Gasteiger partial charge is 0.0838 e. The number of hydrogen-bond donors (Lipinski definition) is 0. The molecular formula is C48H26. The minimum Gasteiger partial charge on any atom is -0.0838 e. The third-order valence-corrected chi connectivity index (χ3v) is 12.1. The second kappa shape index (κ2) is 8.11. The van der Waals surface area contributed by atoms with Crippen LogP contribution in [0.3, 0.4) is 0 Å². The first-order valence-corrected chi connectivity index (χ1v) is 17.2. The van der Waals surface area contributed by atoms with Crippen LogP contribution in [-0.2, 0) is 12.8 Å². The predicted molar refractivity (Wildman–Crippen MR) is 209 cm³/mol. The van der Waals surface area contributed by atoms with E-state index in [-0.39, 0.29) is 0 Å². The van der Waals surface area contributed by atoms with E-state index < -0.39 is 0 Å². The van der Waals surface area contributed by atoms with E-state index >= 15 is 0 Å². The van der Waals surface area contributed by atoms with Gasteiger partial charge in [0.1, 0.15) is 0 Å². The smallest absolute Gasteiger partial charge is 0.0000478 e. The molecule has 0 saturated heterocycles. The van der Waals surface area contributed by atoms with E-state index in [2.05, 4.69) is 133 Å². The normalized spacial score (nSPS) is 14.0. The molecule has 13 rings (SSSR count). The zero-order valence-corrected chi connectivity index (χ0v) is 26.1. The number of benzene rings is 12. The first kappa shape index (κ1) is 24.2. The van der Waals surface area contributed by atoms with Crippen LogP contribution in [0.5, 0.6) is 0 Å². The molecule has 1 aliphatic rings. The monoisotopic (exact) mass is 602 g/mol. The minimum absolute atomic E-state index is 0.970. The van der Waals surface area contributed by atoms with Gasteiger partial charge in [-0.1, -0.05) is 133 Å². The standard InChI is InChI=1S/C48H26/c1-2-14-26-25(13-1)37-27-15-3-4-16-28(27)39-31-19-7-8-20-32(31)41-34-22-10-12-24-36(34)42-35-23-11-9-21-33(35)40-30-18-6-5-17-29(30)38(26)44-43(37)45(39)47(41)48(42)46(40)44/h1-21,23H,22,24H2. The van der Waals surface area contributed by atoms with Gasteiger partial charge in [0.2, 0.25) is 0 Å². The maximum Gasteiger partial charge on any atom is -0.0000478 e. The van der Waals surface area contributed by atoms with Gasteiger partial charge in [0.25, 0.3) is 0 Å². The van der Waals surface area contributed by atoms with Crippen LogP contribution in [0.1, 0.15) is 11.1 Å². The van der Waals surface area contributed by atoms with Crippen molar-refractivity contribution in [3.63, 3.8) is 0 Å². The van der Waals surface area contributed by atoms with Crippen molar-refractivity contribution in [1.29, 1.82) is 0 Å². The molecule has 0 heterocycles. The molecule has 0 aliphatic heterocycles. The topological polar surface area (TPSA) is 0 Å².